The molecule has 5 heteroatoms. The van der Waals surface area contributed by atoms with Crippen molar-refractivity contribution in [3.05, 3.63) is 15.3 Å². The molecule has 0 saturated heterocycles. The van der Waals surface area contributed by atoms with Crippen LogP contribution in [0.5, 0.6) is 0 Å². The minimum absolute atomic E-state index is 0. The zero-order valence-corrected chi connectivity index (χ0v) is 2.67. The fraction of sp³-hybridized carbons (Fsp3) is 0. The lowest BCUT2D eigenvalue weighted by Gasteiger charge is -1.74. The topological polar surface area (TPSA) is 103 Å². The van der Waals surface area contributed by atoms with Crippen LogP contribution in [0.3, 0.4) is 0 Å². The Morgan fingerprint density at radius 3 is 1.40 bits per heavy atom. The van der Waals surface area contributed by atoms with Crippen LogP contribution < -0.4 is 6.15 Å². The standard InChI is InChI=1S/NO3.H3N/c2-1(3)4;/h;1H3/q-1;/p+1/i1+1;. The van der Waals surface area contributed by atoms with Crippen molar-refractivity contribution in [1.29, 1.82) is 0 Å². The summed E-state index contributed by atoms with van der Waals surface area (Å²) in [7, 11) is 0. The molecule has 0 atom stereocenters. The van der Waals surface area contributed by atoms with Crippen molar-refractivity contribution >= 4 is 0 Å². The fourth-order valence-electron chi connectivity index (χ4n) is 0. The van der Waals surface area contributed by atoms with Gasteiger partial charge in [0, 0.05) is 0 Å². The molecule has 0 aromatic rings. The van der Waals surface area contributed by atoms with Gasteiger partial charge in [0.25, 0.3) is 0 Å². The first-order valence-electron chi connectivity index (χ1n) is 0.548. The number of nitrogens with zero attached hydrogens (tertiary/aromatic N) is 1. The largest absolute Gasteiger partial charge is 0.369 e. The summed E-state index contributed by atoms with van der Waals surface area (Å²) in [6.45, 7) is 0. The van der Waals surface area contributed by atoms with Crippen molar-refractivity contribution in [3.63, 3.8) is 0 Å². The zero-order chi connectivity index (χ0) is 3.58. The molecule has 0 radical (unpaired) electrons. The van der Waals surface area contributed by atoms with E-state index in [1.54, 1.807) is 0 Å². The van der Waals surface area contributed by atoms with Crippen LogP contribution in [0.1, 0.15) is 0 Å². The summed E-state index contributed by atoms with van der Waals surface area (Å²) in [4.78, 5) is 8.25. The first kappa shape index (κ1) is 8.90. The van der Waals surface area contributed by atoms with Crippen LogP contribution in [0.2, 0.25) is 0 Å². The summed E-state index contributed by atoms with van der Waals surface area (Å²) >= 11 is 0. The first-order chi connectivity index (χ1) is 1.73. The second-order valence-electron chi connectivity index (χ2n) is 0.224. The molecule has 0 aromatic heterocycles. The van der Waals surface area contributed by atoms with Crippen LogP contribution in [0.25, 0.3) is 0 Å². The molecule has 0 aliphatic rings. The fourth-order valence-corrected chi connectivity index (χ4v) is 0. The minimum Gasteiger partial charge on any atom is -0.369 e. The predicted molar refractivity (Wildman–Crippen MR) is 16.3 cm³/mol. The molecule has 0 fully saturated rings. The van der Waals surface area contributed by atoms with Gasteiger partial charge in [0.1, 0.15) is 0 Å². The van der Waals surface area contributed by atoms with Crippen LogP contribution in [0.4, 0.5) is 0 Å². The maximum atomic E-state index is 8.25. The van der Waals surface area contributed by atoms with E-state index in [1.165, 1.54) is 0 Å². The lowest BCUT2D eigenvalue weighted by Crippen LogP contribution is -1.74. The summed E-state index contributed by atoms with van der Waals surface area (Å²) < 4.78 is 0. The molecule has 0 saturated carbocycles. The van der Waals surface area contributed by atoms with Gasteiger partial charge in [-0.05, 0) is 0 Å². The predicted octanol–water partition coefficient (Wildman–Crippen LogP) is 0.137. The highest BCUT2D eigenvalue weighted by Gasteiger charge is 1.45. The monoisotopic (exact) mass is 81.0 g/mol. The van der Waals surface area contributed by atoms with Crippen LogP contribution in [-0.4, -0.2) is 5.09 Å². The van der Waals surface area contributed by atoms with E-state index in [1.807, 2.05) is 0 Å². The van der Waals surface area contributed by atoms with E-state index >= 15 is 0 Å². The van der Waals surface area contributed by atoms with Gasteiger partial charge in [-0.2, -0.15) is 0 Å². The molecule has 4 N–H and O–H groups in total. The Balaban J connectivity index is 0. The van der Waals surface area contributed by atoms with Crippen molar-refractivity contribution < 1.29 is 5.09 Å². The van der Waals surface area contributed by atoms with Crippen LogP contribution in [0, 0.1) is 15.3 Å². The second-order valence-corrected chi connectivity index (χ2v) is 0.224. The molecule has 0 bridgehead atoms. The number of quaternary nitrogens is 1. The van der Waals surface area contributed by atoms with Gasteiger partial charge < -0.3 is 21.5 Å². The van der Waals surface area contributed by atoms with E-state index in [0.717, 1.165) is 0 Å². The van der Waals surface area contributed by atoms with Crippen molar-refractivity contribution in [3.8, 4) is 0 Å². The Hall–Kier alpha value is -0.840. The van der Waals surface area contributed by atoms with Crippen LogP contribution in [0.15, 0.2) is 0 Å². The van der Waals surface area contributed by atoms with Gasteiger partial charge in [-0.3, -0.25) is 0 Å². The van der Waals surface area contributed by atoms with Crippen molar-refractivity contribution in [1.82, 2.24) is 6.15 Å². The third-order valence-electron chi connectivity index (χ3n) is 0. The molecule has 0 unspecified atom stereocenters. The van der Waals surface area contributed by atoms with Gasteiger partial charge in [-0.25, -0.2) is 0 Å². The van der Waals surface area contributed by atoms with E-state index in [-0.39, 0.29) is 6.15 Å². The summed E-state index contributed by atoms with van der Waals surface area (Å²) in [6, 6.07) is 0. The molecule has 0 amide bonds. The molecule has 0 rings (SSSR count). The van der Waals surface area contributed by atoms with Gasteiger partial charge in [0.15, 0.2) is 0 Å². The normalized spacial score (nSPS) is 4.80. The van der Waals surface area contributed by atoms with E-state index in [2.05, 4.69) is 0 Å². The molecule has 0 spiro atoms. The maximum Gasteiger partial charge on any atom is 0.0689 e. The van der Waals surface area contributed by atoms with E-state index in [0.29, 0.717) is 0 Å². The molecular formula is H4N2O3. The van der Waals surface area contributed by atoms with Crippen molar-refractivity contribution in [2.45, 2.75) is 0 Å². The highest BCUT2D eigenvalue weighted by molar-refractivity contribution is 4.03. The number of hydrogen-bond donors (Lipinski definition) is 1. The van der Waals surface area contributed by atoms with Gasteiger partial charge in [-0.1, -0.05) is 0 Å². The summed E-state index contributed by atoms with van der Waals surface area (Å²) in [5, 5.41) is 14.8. The van der Waals surface area contributed by atoms with Crippen molar-refractivity contribution in [2.75, 3.05) is 0 Å². The molecule has 32 valence electrons. The smallest absolute Gasteiger partial charge is 0.0689 e. The second kappa shape index (κ2) is 3.16. The Kier molecular flexibility index (Phi) is 5.63. The number of hydrogen-bond acceptors (Lipinski definition) is 3. The lowest BCUT2D eigenvalue weighted by molar-refractivity contribution is -0.402. The lowest BCUT2D eigenvalue weighted by atomic mass is 13.8. The van der Waals surface area contributed by atoms with Crippen molar-refractivity contribution in [2.24, 2.45) is 0 Å². The summed E-state index contributed by atoms with van der Waals surface area (Å²) in [5.74, 6) is 0. The Morgan fingerprint density at radius 1 is 1.40 bits per heavy atom. The van der Waals surface area contributed by atoms with E-state index < -0.39 is 5.09 Å². The molecular weight excluding hydrogens is 77.0 g/mol. The van der Waals surface area contributed by atoms with Gasteiger partial charge >= 0.3 is 0 Å². The minimum atomic E-state index is -1.75. The average molecular weight is 81.0 g/mol. The Bertz CT molecular complexity index is 27.9. The Labute approximate surface area is 27.9 Å². The third kappa shape index (κ3) is 6.03. The molecule has 0 heterocycles. The highest BCUT2D eigenvalue weighted by Crippen LogP contribution is 1.44. The Morgan fingerprint density at radius 2 is 1.40 bits per heavy atom. The zero-order valence-electron chi connectivity index (χ0n) is 2.67. The van der Waals surface area contributed by atoms with Gasteiger partial charge in [0.05, 0.1) is 5.09 Å². The average Bonchev–Trinajstić information content (AvgIpc) is 0.811. The first-order valence-corrected chi connectivity index (χ1v) is 0.548. The van der Waals surface area contributed by atoms with Crippen LogP contribution in [-0.2, 0) is 0 Å². The van der Waals surface area contributed by atoms with E-state index in [9.17, 15) is 0 Å². The SMILES string of the molecule is O=[15N+]([O-])[O-].[NH4+]. The summed E-state index contributed by atoms with van der Waals surface area (Å²) in [6.07, 6.45) is 0. The molecule has 5 nitrogen and oxygen atoms in total. The van der Waals surface area contributed by atoms with Gasteiger partial charge in [-0.15, -0.1) is 0 Å². The molecule has 5 heavy (non-hydrogen) atoms. The summed E-state index contributed by atoms with van der Waals surface area (Å²) in [5.41, 5.74) is 0. The quantitative estimate of drug-likeness (QED) is 0.254. The molecule has 0 aromatic carbocycles. The molecule has 0 aliphatic carbocycles. The van der Waals surface area contributed by atoms with E-state index in [4.69, 9.17) is 15.3 Å². The molecule has 0 aliphatic heterocycles. The van der Waals surface area contributed by atoms with Crippen LogP contribution >= 0.6 is 0 Å². The third-order valence-corrected chi connectivity index (χ3v) is 0. The number of rotatable bonds is 0. The van der Waals surface area contributed by atoms with Gasteiger partial charge in [0.2, 0.25) is 0 Å². The maximum absolute atomic E-state index is 8.25. The highest BCUT2D eigenvalue weighted by atomic mass is 17.2.